The van der Waals surface area contributed by atoms with Crippen LogP contribution in [-0.4, -0.2) is 10.2 Å². The molecule has 0 fully saturated rings. The third-order valence-corrected chi connectivity index (χ3v) is 3.79. The van der Waals surface area contributed by atoms with E-state index in [0.717, 1.165) is 0 Å². The molecule has 0 atom stereocenters. The Balaban J connectivity index is 1.76. The van der Waals surface area contributed by atoms with Crippen molar-refractivity contribution in [2.45, 2.75) is 13.8 Å². The van der Waals surface area contributed by atoms with Gasteiger partial charge in [0.2, 0.25) is 0 Å². The second-order valence-electron chi connectivity index (χ2n) is 5.48. The van der Waals surface area contributed by atoms with E-state index in [4.69, 9.17) is 9.47 Å². The van der Waals surface area contributed by atoms with Crippen LogP contribution in [0.3, 0.4) is 0 Å². The van der Waals surface area contributed by atoms with Crippen LogP contribution >= 0.6 is 0 Å². The van der Waals surface area contributed by atoms with E-state index in [1.165, 1.54) is 0 Å². The number of aromatic hydroxyl groups is 2. The summed E-state index contributed by atoms with van der Waals surface area (Å²) in [6.45, 7) is 3.60. The molecule has 24 heavy (non-hydrogen) atoms. The quantitative estimate of drug-likeness (QED) is 0.684. The lowest BCUT2D eigenvalue weighted by Gasteiger charge is -2.12. The van der Waals surface area contributed by atoms with Gasteiger partial charge in [0.1, 0.15) is 34.5 Å². The minimum absolute atomic E-state index is 0.201. The number of phenols is 2. The lowest BCUT2D eigenvalue weighted by molar-refractivity contribution is 0.441. The van der Waals surface area contributed by atoms with Gasteiger partial charge in [-0.15, -0.1) is 0 Å². The van der Waals surface area contributed by atoms with Gasteiger partial charge in [0, 0.05) is 11.1 Å². The third kappa shape index (κ3) is 3.27. The van der Waals surface area contributed by atoms with Crippen LogP contribution in [0.15, 0.2) is 60.7 Å². The summed E-state index contributed by atoms with van der Waals surface area (Å²) >= 11 is 0. The first kappa shape index (κ1) is 15.7. The Kier molecular flexibility index (Phi) is 4.29. The molecule has 0 aliphatic carbocycles. The van der Waals surface area contributed by atoms with Crippen LogP contribution in [0.4, 0.5) is 0 Å². The number of benzene rings is 3. The van der Waals surface area contributed by atoms with Gasteiger partial charge in [-0.1, -0.05) is 12.1 Å². The zero-order valence-electron chi connectivity index (χ0n) is 13.5. The molecule has 122 valence electrons. The summed E-state index contributed by atoms with van der Waals surface area (Å²) in [6, 6.07) is 17.5. The molecular formula is C20H18O4. The molecule has 0 saturated heterocycles. The summed E-state index contributed by atoms with van der Waals surface area (Å²) in [6.07, 6.45) is 0. The van der Waals surface area contributed by atoms with Gasteiger partial charge in [-0.2, -0.15) is 0 Å². The average molecular weight is 322 g/mol. The van der Waals surface area contributed by atoms with Crippen LogP contribution in [-0.2, 0) is 0 Å². The number of hydrogen-bond donors (Lipinski definition) is 2. The molecule has 4 heteroatoms. The van der Waals surface area contributed by atoms with Crippen LogP contribution in [0.2, 0.25) is 0 Å². The Morgan fingerprint density at radius 1 is 0.583 bits per heavy atom. The maximum atomic E-state index is 9.71. The van der Waals surface area contributed by atoms with E-state index < -0.39 is 0 Å². The fourth-order valence-electron chi connectivity index (χ4n) is 2.26. The second-order valence-corrected chi connectivity index (χ2v) is 5.48. The predicted molar refractivity (Wildman–Crippen MR) is 92.3 cm³/mol. The van der Waals surface area contributed by atoms with Crippen LogP contribution in [0.5, 0.6) is 34.5 Å². The van der Waals surface area contributed by atoms with E-state index in [2.05, 4.69) is 0 Å². The monoisotopic (exact) mass is 322 g/mol. The zero-order chi connectivity index (χ0) is 17.1. The van der Waals surface area contributed by atoms with Crippen molar-refractivity contribution in [2.75, 3.05) is 0 Å². The van der Waals surface area contributed by atoms with Crippen molar-refractivity contribution in [3.05, 3.63) is 71.8 Å². The lowest BCUT2D eigenvalue weighted by Crippen LogP contribution is -1.90. The standard InChI is InChI=1S/C20H18O4/c1-13-17(21)5-3-7-19(13)23-15-9-11-16(12-10-15)24-20-8-4-6-18(22)14(20)2/h3-12,21-22H,1-2H3. The Hall–Kier alpha value is -3.14. The Labute approximate surface area is 140 Å². The molecule has 0 spiro atoms. The van der Waals surface area contributed by atoms with Crippen molar-refractivity contribution >= 4 is 0 Å². The SMILES string of the molecule is Cc1c(O)cccc1Oc1ccc(Oc2cccc(O)c2C)cc1. The Bertz CT molecular complexity index is 782. The summed E-state index contributed by atoms with van der Waals surface area (Å²) in [4.78, 5) is 0. The maximum absolute atomic E-state index is 9.71. The highest BCUT2D eigenvalue weighted by atomic mass is 16.5. The molecule has 3 aromatic rings. The van der Waals surface area contributed by atoms with E-state index >= 15 is 0 Å². The smallest absolute Gasteiger partial charge is 0.134 e. The summed E-state index contributed by atoms with van der Waals surface area (Å²) < 4.78 is 11.6. The zero-order valence-corrected chi connectivity index (χ0v) is 13.5. The van der Waals surface area contributed by atoms with Gasteiger partial charge in [-0.05, 0) is 62.4 Å². The average Bonchev–Trinajstić information content (AvgIpc) is 2.58. The molecule has 3 rings (SSSR count). The molecule has 4 nitrogen and oxygen atoms in total. The molecule has 0 aliphatic rings. The van der Waals surface area contributed by atoms with Gasteiger partial charge < -0.3 is 19.7 Å². The second kappa shape index (κ2) is 6.54. The first-order valence-electron chi connectivity index (χ1n) is 7.57. The minimum atomic E-state index is 0.201. The molecule has 0 bridgehead atoms. The molecule has 0 unspecified atom stereocenters. The highest BCUT2D eigenvalue weighted by Crippen LogP contribution is 2.33. The molecule has 0 amide bonds. The number of rotatable bonds is 4. The highest BCUT2D eigenvalue weighted by Gasteiger charge is 2.07. The van der Waals surface area contributed by atoms with Gasteiger partial charge in [0.05, 0.1) is 0 Å². The first-order valence-corrected chi connectivity index (χ1v) is 7.57. The molecule has 0 radical (unpaired) electrons. The van der Waals surface area contributed by atoms with Gasteiger partial charge in [0.15, 0.2) is 0 Å². The molecule has 0 aromatic heterocycles. The largest absolute Gasteiger partial charge is 0.508 e. The summed E-state index contributed by atoms with van der Waals surface area (Å²) in [5.74, 6) is 2.89. The summed E-state index contributed by atoms with van der Waals surface area (Å²) in [7, 11) is 0. The van der Waals surface area contributed by atoms with Gasteiger partial charge >= 0.3 is 0 Å². The number of phenolic OH excluding ortho intramolecular Hbond substituents is 2. The fourth-order valence-corrected chi connectivity index (χ4v) is 2.26. The minimum Gasteiger partial charge on any atom is -0.508 e. The van der Waals surface area contributed by atoms with Crippen molar-refractivity contribution in [1.82, 2.24) is 0 Å². The summed E-state index contributed by atoms with van der Waals surface area (Å²) in [5, 5.41) is 19.4. The molecule has 3 aromatic carbocycles. The van der Waals surface area contributed by atoms with Crippen LogP contribution in [0.25, 0.3) is 0 Å². The fraction of sp³-hybridized carbons (Fsp3) is 0.100. The molecule has 0 heterocycles. The Morgan fingerprint density at radius 2 is 0.958 bits per heavy atom. The molecule has 0 saturated carbocycles. The van der Waals surface area contributed by atoms with E-state index in [-0.39, 0.29) is 11.5 Å². The van der Waals surface area contributed by atoms with Crippen LogP contribution in [0.1, 0.15) is 11.1 Å². The van der Waals surface area contributed by atoms with E-state index in [0.29, 0.717) is 34.1 Å². The number of ether oxygens (including phenoxy) is 2. The third-order valence-electron chi connectivity index (χ3n) is 3.79. The highest BCUT2D eigenvalue weighted by molar-refractivity contribution is 5.47. The van der Waals surface area contributed by atoms with Gasteiger partial charge in [-0.25, -0.2) is 0 Å². The lowest BCUT2D eigenvalue weighted by atomic mass is 10.2. The summed E-state index contributed by atoms with van der Waals surface area (Å²) in [5.41, 5.74) is 1.38. The van der Waals surface area contributed by atoms with Gasteiger partial charge in [-0.3, -0.25) is 0 Å². The predicted octanol–water partition coefficient (Wildman–Crippen LogP) is 5.30. The normalized spacial score (nSPS) is 10.4. The van der Waals surface area contributed by atoms with Gasteiger partial charge in [0.25, 0.3) is 0 Å². The van der Waals surface area contributed by atoms with Crippen LogP contribution in [0, 0.1) is 13.8 Å². The van der Waals surface area contributed by atoms with Crippen LogP contribution < -0.4 is 9.47 Å². The Morgan fingerprint density at radius 3 is 1.33 bits per heavy atom. The molecule has 2 N–H and O–H groups in total. The number of hydrogen-bond acceptors (Lipinski definition) is 4. The van der Waals surface area contributed by atoms with Crippen molar-refractivity contribution in [3.63, 3.8) is 0 Å². The van der Waals surface area contributed by atoms with E-state index in [1.807, 2.05) is 0 Å². The first-order chi connectivity index (χ1) is 11.5. The molecule has 0 aliphatic heterocycles. The van der Waals surface area contributed by atoms with Crippen molar-refractivity contribution < 1.29 is 19.7 Å². The van der Waals surface area contributed by atoms with Crippen molar-refractivity contribution in [3.8, 4) is 34.5 Å². The maximum Gasteiger partial charge on any atom is 0.134 e. The topological polar surface area (TPSA) is 58.9 Å². The van der Waals surface area contributed by atoms with Crippen molar-refractivity contribution in [1.29, 1.82) is 0 Å². The van der Waals surface area contributed by atoms with Crippen molar-refractivity contribution in [2.24, 2.45) is 0 Å². The van der Waals surface area contributed by atoms with E-state index in [9.17, 15) is 10.2 Å². The van der Waals surface area contributed by atoms with E-state index in [1.54, 1.807) is 74.5 Å². The molecular weight excluding hydrogens is 304 g/mol.